The van der Waals surface area contributed by atoms with Crippen molar-refractivity contribution in [1.29, 1.82) is 0 Å². The van der Waals surface area contributed by atoms with Crippen LogP contribution in [-0.2, 0) is 0 Å². The third-order valence-electron chi connectivity index (χ3n) is 3.25. The zero-order valence-corrected chi connectivity index (χ0v) is 10.7. The summed E-state index contributed by atoms with van der Waals surface area (Å²) in [6.07, 6.45) is 0. The van der Waals surface area contributed by atoms with Gasteiger partial charge in [0.2, 0.25) is 0 Å². The Labute approximate surface area is 104 Å². The highest BCUT2D eigenvalue weighted by molar-refractivity contribution is 5.88. The van der Waals surface area contributed by atoms with Crippen molar-refractivity contribution in [1.82, 2.24) is 0 Å². The van der Waals surface area contributed by atoms with Crippen LogP contribution < -0.4 is 0 Å². The third kappa shape index (κ3) is 2.65. The quantitative estimate of drug-likeness (QED) is 0.631. The molecule has 0 fully saturated rings. The number of hydrogen-bond donors (Lipinski definition) is 0. The van der Waals surface area contributed by atoms with Gasteiger partial charge < -0.3 is 0 Å². The molecule has 0 unspecified atom stereocenters. The van der Waals surface area contributed by atoms with E-state index < -0.39 is 0 Å². The van der Waals surface area contributed by atoms with Crippen LogP contribution in [0.4, 0.5) is 0 Å². The van der Waals surface area contributed by atoms with E-state index in [4.69, 9.17) is 0 Å². The SMILES string of the molecule is CC(=C(C)c1ccc(C)cc1)c1ccccc1. The van der Waals surface area contributed by atoms with Gasteiger partial charge in [-0.3, -0.25) is 0 Å². The largest absolute Gasteiger partial charge is 0.0622 e. The smallest absolute Gasteiger partial charge is 0.0224 e. The van der Waals surface area contributed by atoms with Crippen molar-refractivity contribution in [2.45, 2.75) is 20.8 Å². The number of aryl methyl sites for hydroxylation is 1. The summed E-state index contributed by atoms with van der Waals surface area (Å²) in [4.78, 5) is 0. The number of rotatable bonds is 2. The molecule has 2 rings (SSSR count). The topological polar surface area (TPSA) is 0 Å². The average molecular weight is 222 g/mol. The maximum atomic E-state index is 2.19. The maximum Gasteiger partial charge on any atom is -0.0224 e. The van der Waals surface area contributed by atoms with Crippen molar-refractivity contribution in [2.75, 3.05) is 0 Å². The summed E-state index contributed by atoms with van der Waals surface area (Å²) >= 11 is 0. The van der Waals surface area contributed by atoms with Crippen LogP contribution in [0.3, 0.4) is 0 Å². The van der Waals surface area contributed by atoms with Crippen LogP contribution in [0.15, 0.2) is 54.6 Å². The van der Waals surface area contributed by atoms with E-state index >= 15 is 0 Å². The van der Waals surface area contributed by atoms with Crippen molar-refractivity contribution < 1.29 is 0 Å². The molecule has 0 spiro atoms. The Hall–Kier alpha value is -1.82. The highest BCUT2D eigenvalue weighted by Gasteiger charge is 2.02. The average Bonchev–Trinajstić information content (AvgIpc) is 2.39. The van der Waals surface area contributed by atoms with Crippen LogP contribution in [0.1, 0.15) is 30.5 Å². The van der Waals surface area contributed by atoms with Gasteiger partial charge in [0.1, 0.15) is 0 Å². The molecule has 0 nitrogen and oxygen atoms in total. The van der Waals surface area contributed by atoms with Gasteiger partial charge in [0.05, 0.1) is 0 Å². The van der Waals surface area contributed by atoms with Gasteiger partial charge in [-0.05, 0) is 43.0 Å². The molecule has 2 aromatic rings. The molecule has 0 bridgehead atoms. The second kappa shape index (κ2) is 5.01. The monoisotopic (exact) mass is 222 g/mol. The molecule has 0 amide bonds. The first kappa shape index (κ1) is 11.7. The predicted molar refractivity (Wildman–Crippen MR) is 75.8 cm³/mol. The van der Waals surface area contributed by atoms with E-state index in [-0.39, 0.29) is 0 Å². The van der Waals surface area contributed by atoms with Gasteiger partial charge in [0, 0.05) is 0 Å². The van der Waals surface area contributed by atoms with Crippen molar-refractivity contribution in [2.24, 2.45) is 0 Å². The second-order valence-corrected chi connectivity index (χ2v) is 4.48. The summed E-state index contributed by atoms with van der Waals surface area (Å²) in [6.45, 7) is 6.49. The van der Waals surface area contributed by atoms with Gasteiger partial charge in [-0.2, -0.15) is 0 Å². The molecule has 17 heavy (non-hydrogen) atoms. The van der Waals surface area contributed by atoms with E-state index in [1.165, 1.54) is 27.8 Å². The molecule has 0 saturated carbocycles. The molecule has 0 atom stereocenters. The van der Waals surface area contributed by atoms with E-state index in [1.807, 2.05) is 0 Å². The fourth-order valence-electron chi connectivity index (χ4n) is 1.92. The van der Waals surface area contributed by atoms with Crippen molar-refractivity contribution >= 4 is 11.1 Å². The predicted octanol–water partition coefficient (Wildman–Crippen LogP) is 4.95. The summed E-state index contributed by atoms with van der Waals surface area (Å²) < 4.78 is 0. The van der Waals surface area contributed by atoms with E-state index in [0.717, 1.165) is 0 Å². The minimum absolute atomic E-state index is 1.30. The summed E-state index contributed by atoms with van der Waals surface area (Å²) in [5, 5.41) is 0. The van der Waals surface area contributed by atoms with Gasteiger partial charge in [0.15, 0.2) is 0 Å². The molecule has 0 N–H and O–H groups in total. The molecule has 86 valence electrons. The molecule has 0 heterocycles. The number of hydrogen-bond acceptors (Lipinski definition) is 0. The van der Waals surface area contributed by atoms with Crippen LogP contribution in [0, 0.1) is 6.92 Å². The zero-order chi connectivity index (χ0) is 12.3. The first-order chi connectivity index (χ1) is 8.18. The maximum absolute atomic E-state index is 2.19. The molecular formula is C17H18. The van der Waals surface area contributed by atoms with Crippen molar-refractivity contribution in [3.8, 4) is 0 Å². The van der Waals surface area contributed by atoms with Crippen molar-refractivity contribution in [3.63, 3.8) is 0 Å². The van der Waals surface area contributed by atoms with Gasteiger partial charge in [-0.1, -0.05) is 60.2 Å². The molecule has 0 aliphatic heterocycles. The normalized spacial score (nSPS) is 12.2. The van der Waals surface area contributed by atoms with Crippen LogP contribution in [0.2, 0.25) is 0 Å². The van der Waals surface area contributed by atoms with Crippen LogP contribution in [0.25, 0.3) is 11.1 Å². The highest BCUT2D eigenvalue weighted by Crippen LogP contribution is 2.25. The molecule has 0 saturated heterocycles. The lowest BCUT2D eigenvalue weighted by atomic mass is 9.96. The number of allylic oxidation sites excluding steroid dienone is 2. The van der Waals surface area contributed by atoms with Gasteiger partial charge in [-0.25, -0.2) is 0 Å². The summed E-state index contributed by atoms with van der Waals surface area (Å²) in [5.41, 5.74) is 6.59. The van der Waals surface area contributed by atoms with Gasteiger partial charge in [0.25, 0.3) is 0 Å². The van der Waals surface area contributed by atoms with E-state index in [0.29, 0.717) is 0 Å². The van der Waals surface area contributed by atoms with E-state index in [2.05, 4.69) is 75.4 Å². The summed E-state index contributed by atoms with van der Waals surface area (Å²) in [7, 11) is 0. The lowest BCUT2D eigenvalue weighted by Gasteiger charge is -2.09. The molecule has 0 radical (unpaired) electrons. The Morgan fingerprint density at radius 3 is 1.65 bits per heavy atom. The van der Waals surface area contributed by atoms with E-state index in [1.54, 1.807) is 0 Å². The minimum Gasteiger partial charge on any atom is -0.0622 e. The Morgan fingerprint density at radius 2 is 1.12 bits per heavy atom. The Kier molecular flexibility index (Phi) is 3.43. The highest BCUT2D eigenvalue weighted by atomic mass is 14.1. The molecule has 2 aromatic carbocycles. The first-order valence-corrected chi connectivity index (χ1v) is 5.98. The third-order valence-corrected chi connectivity index (χ3v) is 3.25. The second-order valence-electron chi connectivity index (χ2n) is 4.48. The van der Waals surface area contributed by atoms with Gasteiger partial charge in [-0.15, -0.1) is 0 Å². The van der Waals surface area contributed by atoms with Crippen LogP contribution in [-0.4, -0.2) is 0 Å². The lowest BCUT2D eigenvalue weighted by molar-refractivity contribution is 1.44. The Balaban J connectivity index is 2.41. The van der Waals surface area contributed by atoms with Crippen molar-refractivity contribution in [3.05, 3.63) is 71.3 Å². The lowest BCUT2D eigenvalue weighted by Crippen LogP contribution is -1.86. The van der Waals surface area contributed by atoms with E-state index in [9.17, 15) is 0 Å². The summed E-state index contributed by atoms with van der Waals surface area (Å²) in [6, 6.07) is 19.3. The van der Waals surface area contributed by atoms with Crippen LogP contribution in [0.5, 0.6) is 0 Å². The molecular weight excluding hydrogens is 204 g/mol. The summed E-state index contributed by atoms with van der Waals surface area (Å²) in [5.74, 6) is 0. The van der Waals surface area contributed by atoms with Crippen LogP contribution >= 0.6 is 0 Å². The standard InChI is InChI=1S/C17H18/c1-13-9-11-17(12-10-13)15(3)14(2)16-7-5-4-6-8-16/h4-12H,1-3H3. The first-order valence-electron chi connectivity index (χ1n) is 5.98. The minimum atomic E-state index is 1.30. The molecule has 0 aliphatic carbocycles. The zero-order valence-electron chi connectivity index (χ0n) is 10.7. The fraction of sp³-hybridized carbons (Fsp3) is 0.176. The molecule has 0 aromatic heterocycles. The van der Waals surface area contributed by atoms with Gasteiger partial charge >= 0.3 is 0 Å². The Morgan fingerprint density at radius 1 is 0.647 bits per heavy atom. The Bertz CT molecular complexity index is 516. The molecule has 0 aliphatic rings. The fourth-order valence-corrected chi connectivity index (χ4v) is 1.92. The molecule has 0 heteroatoms. The number of benzene rings is 2.